The molecule has 1 saturated heterocycles. The summed E-state index contributed by atoms with van der Waals surface area (Å²) in [6.07, 6.45) is 2.21. The van der Waals surface area contributed by atoms with E-state index in [1.807, 2.05) is 0 Å². The maximum absolute atomic E-state index is 10.8. The molecule has 1 aliphatic carbocycles. The second kappa shape index (κ2) is 2.48. The van der Waals surface area contributed by atoms with E-state index in [9.17, 15) is 4.79 Å². The zero-order chi connectivity index (χ0) is 7.84. The van der Waals surface area contributed by atoms with Gasteiger partial charge in [0.25, 0.3) is 0 Å². The lowest BCUT2D eigenvalue weighted by atomic mass is 9.86. The van der Waals surface area contributed by atoms with Crippen molar-refractivity contribution in [1.29, 1.82) is 0 Å². The van der Waals surface area contributed by atoms with Crippen molar-refractivity contribution in [3.63, 3.8) is 0 Å². The zero-order valence-corrected chi connectivity index (χ0v) is 6.42. The number of carboxylic acids is 1. The Bertz CT molecular complexity index is 165. The van der Waals surface area contributed by atoms with Crippen LogP contribution in [0.4, 0.5) is 0 Å². The van der Waals surface area contributed by atoms with E-state index in [-0.39, 0.29) is 5.92 Å². The van der Waals surface area contributed by atoms with E-state index in [0.717, 1.165) is 25.9 Å². The van der Waals surface area contributed by atoms with Gasteiger partial charge in [-0.25, -0.2) is 0 Å². The third-order valence-corrected chi connectivity index (χ3v) is 3.02. The van der Waals surface area contributed by atoms with Gasteiger partial charge in [-0.2, -0.15) is 0 Å². The Morgan fingerprint density at radius 3 is 2.18 bits per heavy atom. The first-order chi connectivity index (χ1) is 5.29. The molecule has 0 spiro atoms. The van der Waals surface area contributed by atoms with Crippen LogP contribution in [0.1, 0.15) is 12.8 Å². The lowest BCUT2D eigenvalue weighted by Crippen LogP contribution is -2.41. The summed E-state index contributed by atoms with van der Waals surface area (Å²) < 4.78 is 0. The van der Waals surface area contributed by atoms with Crippen LogP contribution in [-0.2, 0) is 4.79 Å². The first-order valence-corrected chi connectivity index (χ1v) is 4.22. The minimum atomic E-state index is -0.584. The molecule has 0 unspecified atom stereocenters. The molecule has 0 amide bonds. The van der Waals surface area contributed by atoms with E-state index in [2.05, 4.69) is 5.32 Å². The first-order valence-electron chi connectivity index (χ1n) is 4.22. The van der Waals surface area contributed by atoms with Crippen molar-refractivity contribution in [3.05, 3.63) is 0 Å². The quantitative estimate of drug-likeness (QED) is 0.573. The highest BCUT2D eigenvalue weighted by Crippen LogP contribution is 2.38. The van der Waals surface area contributed by atoms with Crippen LogP contribution in [-0.4, -0.2) is 24.2 Å². The van der Waals surface area contributed by atoms with E-state index >= 15 is 0 Å². The maximum atomic E-state index is 10.8. The van der Waals surface area contributed by atoms with Crippen molar-refractivity contribution >= 4 is 5.97 Å². The van der Waals surface area contributed by atoms with E-state index in [1.54, 1.807) is 0 Å². The van der Waals surface area contributed by atoms with Crippen LogP contribution in [0, 0.1) is 17.8 Å². The van der Waals surface area contributed by atoms with Gasteiger partial charge in [0, 0.05) is 0 Å². The van der Waals surface area contributed by atoms with Gasteiger partial charge in [-0.3, -0.25) is 4.79 Å². The Hall–Kier alpha value is -0.570. The summed E-state index contributed by atoms with van der Waals surface area (Å²) in [5.41, 5.74) is 0. The summed E-state index contributed by atoms with van der Waals surface area (Å²) in [6, 6.07) is 0. The largest absolute Gasteiger partial charge is 0.481 e. The van der Waals surface area contributed by atoms with Crippen molar-refractivity contribution in [2.45, 2.75) is 12.8 Å². The molecule has 1 heterocycles. The van der Waals surface area contributed by atoms with Crippen LogP contribution >= 0.6 is 0 Å². The summed E-state index contributed by atoms with van der Waals surface area (Å²) in [5.74, 6) is 0.188. The number of hydrogen-bond acceptors (Lipinski definition) is 2. The van der Waals surface area contributed by atoms with Crippen LogP contribution in [0.3, 0.4) is 0 Å². The number of carbonyl (C=O) groups is 1. The molecular formula is C8H13NO2. The van der Waals surface area contributed by atoms with Crippen LogP contribution < -0.4 is 5.32 Å². The van der Waals surface area contributed by atoms with Crippen LogP contribution in [0.2, 0.25) is 0 Å². The van der Waals surface area contributed by atoms with Crippen LogP contribution in [0.15, 0.2) is 0 Å². The predicted octanol–water partition coefficient (Wildman–Crippen LogP) is 0.317. The highest BCUT2D eigenvalue weighted by molar-refractivity contribution is 5.71. The monoisotopic (exact) mass is 155 g/mol. The fraction of sp³-hybridized carbons (Fsp3) is 0.875. The van der Waals surface area contributed by atoms with Gasteiger partial charge >= 0.3 is 5.97 Å². The third kappa shape index (κ3) is 1.03. The molecule has 62 valence electrons. The molecule has 3 heteroatoms. The molecule has 0 radical (unpaired) electrons. The smallest absolute Gasteiger partial charge is 0.307 e. The van der Waals surface area contributed by atoms with E-state index in [0.29, 0.717) is 11.8 Å². The Balaban J connectivity index is 2.15. The summed E-state index contributed by atoms with van der Waals surface area (Å²) in [7, 11) is 0. The fourth-order valence-corrected chi connectivity index (χ4v) is 2.49. The van der Waals surface area contributed by atoms with Gasteiger partial charge in [-0.15, -0.1) is 0 Å². The highest BCUT2D eigenvalue weighted by Gasteiger charge is 2.43. The number of rotatable bonds is 1. The molecular weight excluding hydrogens is 142 g/mol. The van der Waals surface area contributed by atoms with Crippen molar-refractivity contribution < 1.29 is 9.90 Å². The second-order valence-electron chi connectivity index (χ2n) is 3.62. The van der Waals surface area contributed by atoms with Crippen LogP contribution in [0.5, 0.6) is 0 Å². The van der Waals surface area contributed by atoms with Gasteiger partial charge in [-0.1, -0.05) is 0 Å². The SMILES string of the molecule is O=C(O)C1[C@@H]2CC[C@@H]1CNC2. The van der Waals surface area contributed by atoms with Gasteiger partial charge < -0.3 is 10.4 Å². The van der Waals surface area contributed by atoms with Gasteiger partial charge in [0.05, 0.1) is 5.92 Å². The summed E-state index contributed by atoms with van der Waals surface area (Å²) in [4.78, 5) is 10.8. The lowest BCUT2D eigenvalue weighted by molar-refractivity contribution is -0.145. The molecule has 1 saturated carbocycles. The Morgan fingerprint density at radius 2 is 1.82 bits per heavy atom. The normalized spacial score (nSPS) is 42.4. The molecule has 2 bridgehead atoms. The number of nitrogens with one attached hydrogen (secondary N) is 1. The standard InChI is InChI=1S/C8H13NO2/c10-8(11)7-5-1-2-6(7)4-9-3-5/h5-7,9H,1-4H2,(H,10,11)/t5-,6-/m1/s1. The average Bonchev–Trinajstić information content (AvgIpc) is 2.23. The van der Waals surface area contributed by atoms with Crippen LogP contribution in [0.25, 0.3) is 0 Å². The Morgan fingerprint density at radius 1 is 1.27 bits per heavy atom. The third-order valence-electron chi connectivity index (χ3n) is 3.02. The minimum Gasteiger partial charge on any atom is -0.481 e. The molecule has 2 fully saturated rings. The number of carboxylic acid groups (broad SMARTS) is 1. The van der Waals surface area contributed by atoms with Gasteiger partial charge in [0.1, 0.15) is 0 Å². The zero-order valence-electron chi connectivity index (χ0n) is 6.42. The van der Waals surface area contributed by atoms with Gasteiger partial charge in [0.2, 0.25) is 0 Å². The molecule has 2 rings (SSSR count). The van der Waals surface area contributed by atoms with E-state index in [4.69, 9.17) is 5.11 Å². The van der Waals surface area contributed by atoms with Crippen molar-refractivity contribution in [2.24, 2.45) is 17.8 Å². The summed E-state index contributed by atoms with van der Waals surface area (Å²) >= 11 is 0. The summed E-state index contributed by atoms with van der Waals surface area (Å²) in [5, 5.41) is 12.2. The Labute approximate surface area is 65.8 Å². The number of fused-ring (bicyclic) bond motifs is 2. The molecule has 3 nitrogen and oxygen atoms in total. The molecule has 0 aromatic heterocycles. The fourth-order valence-electron chi connectivity index (χ4n) is 2.49. The molecule has 2 N–H and O–H groups in total. The van der Waals surface area contributed by atoms with Gasteiger partial charge in [0.15, 0.2) is 0 Å². The summed E-state index contributed by atoms with van der Waals surface area (Å²) in [6.45, 7) is 1.82. The molecule has 2 atom stereocenters. The second-order valence-corrected chi connectivity index (χ2v) is 3.62. The molecule has 1 aliphatic heterocycles. The minimum absolute atomic E-state index is 0.0451. The van der Waals surface area contributed by atoms with Crippen molar-refractivity contribution in [1.82, 2.24) is 5.32 Å². The lowest BCUT2D eigenvalue weighted by Gasteiger charge is -2.26. The first kappa shape index (κ1) is 7.10. The number of aliphatic carboxylic acids is 1. The van der Waals surface area contributed by atoms with E-state index in [1.165, 1.54) is 0 Å². The van der Waals surface area contributed by atoms with Gasteiger partial charge in [-0.05, 0) is 37.8 Å². The topological polar surface area (TPSA) is 49.3 Å². The molecule has 2 aliphatic rings. The maximum Gasteiger partial charge on any atom is 0.307 e. The number of hydrogen-bond donors (Lipinski definition) is 2. The average molecular weight is 155 g/mol. The highest BCUT2D eigenvalue weighted by atomic mass is 16.4. The Kier molecular flexibility index (Phi) is 1.60. The molecule has 11 heavy (non-hydrogen) atoms. The molecule has 0 aromatic carbocycles. The van der Waals surface area contributed by atoms with Crippen molar-refractivity contribution in [3.8, 4) is 0 Å². The van der Waals surface area contributed by atoms with Crippen molar-refractivity contribution in [2.75, 3.05) is 13.1 Å². The predicted molar refractivity (Wildman–Crippen MR) is 40.2 cm³/mol. The number of piperidine rings is 1. The van der Waals surface area contributed by atoms with E-state index < -0.39 is 5.97 Å². The molecule has 0 aromatic rings.